The third-order valence-electron chi connectivity index (χ3n) is 4.80. The summed E-state index contributed by atoms with van der Waals surface area (Å²) in [6.07, 6.45) is 1.73. The van der Waals surface area contributed by atoms with Crippen molar-refractivity contribution in [2.45, 2.75) is 44.6 Å². The fourth-order valence-corrected chi connectivity index (χ4v) is 3.70. The van der Waals surface area contributed by atoms with Gasteiger partial charge in [0.1, 0.15) is 5.60 Å². The summed E-state index contributed by atoms with van der Waals surface area (Å²) in [5.74, 6) is 0. The molecule has 0 radical (unpaired) electrons. The first kappa shape index (κ1) is 14.8. The van der Waals surface area contributed by atoms with Gasteiger partial charge in [0.25, 0.3) is 0 Å². The molecule has 110 valence electrons. The van der Waals surface area contributed by atoms with Gasteiger partial charge in [0.05, 0.1) is 0 Å². The molecule has 1 nitrogen and oxygen atoms in total. The number of fused-ring (bicyclic) bond motifs is 1. The predicted octanol–water partition coefficient (Wildman–Crippen LogP) is 5.06. The van der Waals surface area contributed by atoms with Crippen LogP contribution in [-0.4, -0.2) is 5.11 Å². The topological polar surface area (TPSA) is 20.2 Å². The maximum atomic E-state index is 11.4. The number of hydrogen-bond acceptors (Lipinski definition) is 1. The quantitative estimate of drug-likeness (QED) is 0.766. The van der Waals surface area contributed by atoms with Crippen molar-refractivity contribution in [2.24, 2.45) is 0 Å². The molecule has 3 rings (SSSR count). The molecule has 21 heavy (non-hydrogen) atoms. The van der Waals surface area contributed by atoms with E-state index in [0.29, 0.717) is 0 Å². The lowest BCUT2D eigenvalue weighted by Gasteiger charge is -2.43. The minimum atomic E-state index is -0.887. The van der Waals surface area contributed by atoms with Crippen LogP contribution in [0.4, 0.5) is 0 Å². The predicted molar refractivity (Wildman–Crippen MR) is 90.6 cm³/mol. The van der Waals surface area contributed by atoms with Gasteiger partial charge in [-0.05, 0) is 54.0 Å². The monoisotopic (exact) mass is 344 g/mol. The zero-order valence-corrected chi connectivity index (χ0v) is 14.4. The Morgan fingerprint density at radius 1 is 0.952 bits per heavy atom. The highest BCUT2D eigenvalue weighted by molar-refractivity contribution is 9.10. The third-order valence-corrected chi connectivity index (χ3v) is 5.29. The second-order valence-corrected chi connectivity index (χ2v) is 7.72. The molecular weight excluding hydrogens is 324 g/mol. The molecule has 0 unspecified atom stereocenters. The zero-order chi connectivity index (χ0) is 15.3. The largest absolute Gasteiger partial charge is 0.380 e. The first-order valence-electron chi connectivity index (χ1n) is 7.43. The molecule has 1 N–H and O–H groups in total. The van der Waals surface area contributed by atoms with Crippen LogP contribution in [0.5, 0.6) is 0 Å². The van der Waals surface area contributed by atoms with Gasteiger partial charge < -0.3 is 5.11 Å². The van der Waals surface area contributed by atoms with Crippen LogP contribution in [-0.2, 0) is 11.0 Å². The summed E-state index contributed by atoms with van der Waals surface area (Å²) < 4.78 is 1.02. The van der Waals surface area contributed by atoms with E-state index < -0.39 is 5.60 Å². The maximum absolute atomic E-state index is 11.4. The molecular formula is C19H21BrO. The van der Waals surface area contributed by atoms with Gasteiger partial charge in [-0.3, -0.25) is 0 Å². The Bertz CT molecular complexity index is 672. The summed E-state index contributed by atoms with van der Waals surface area (Å²) in [6.45, 7) is 6.59. The van der Waals surface area contributed by atoms with E-state index in [1.807, 2.05) is 0 Å². The lowest BCUT2D eigenvalue weighted by Crippen LogP contribution is -2.38. The smallest absolute Gasteiger partial charge is 0.115 e. The molecule has 0 aliphatic heterocycles. The molecule has 1 aliphatic rings. The fourth-order valence-electron chi connectivity index (χ4n) is 3.34. The van der Waals surface area contributed by atoms with Crippen molar-refractivity contribution in [1.82, 2.24) is 0 Å². The molecule has 2 heteroatoms. The summed E-state index contributed by atoms with van der Waals surface area (Å²) in [7, 11) is 0. The van der Waals surface area contributed by atoms with Crippen molar-refractivity contribution in [3.05, 3.63) is 69.2 Å². The number of benzene rings is 2. The molecule has 0 saturated carbocycles. The Morgan fingerprint density at radius 2 is 1.62 bits per heavy atom. The summed E-state index contributed by atoms with van der Waals surface area (Å²) in [6, 6.07) is 14.6. The molecule has 0 aromatic heterocycles. The van der Waals surface area contributed by atoms with Crippen LogP contribution in [0, 0.1) is 6.92 Å². The number of aryl methyl sites for hydroxylation is 1. The summed E-state index contributed by atoms with van der Waals surface area (Å²) >= 11 is 3.55. The van der Waals surface area contributed by atoms with Crippen LogP contribution in [0.3, 0.4) is 0 Å². The van der Waals surface area contributed by atoms with Gasteiger partial charge in [-0.1, -0.05) is 65.7 Å². The van der Waals surface area contributed by atoms with Crippen LogP contribution in [0.1, 0.15) is 48.9 Å². The van der Waals surface area contributed by atoms with Gasteiger partial charge in [-0.2, -0.15) is 0 Å². The molecule has 0 fully saturated rings. The Hall–Kier alpha value is -1.12. The van der Waals surface area contributed by atoms with E-state index in [1.165, 1.54) is 11.1 Å². The van der Waals surface area contributed by atoms with Crippen LogP contribution < -0.4 is 0 Å². The molecule has 0 saturated heterocycles. The van der Waals surface area contributed by atoms with Crippen molar-refractivity contribution in [1.29, 1.82) is 0 Å². The lowest BCUT2D eigenvalue weighted by atomic mass is 9.65. The van der Waals surface area contributed by atoms with Crippen LogP contribution >= 0.6 is 15.9 Å². The minimum absolute atomic E-state index is 0.104. The molecule has 1 aliphatic carbocycles. The summed E-state index contributed by atoms with van der Waals surface area (Å²) in [5.41, 5.74) is 3.71. The van der Waals surface area contributed by atoms with Crippen molar-refractivity contribution in [3.8, 4) is 0 Å². The first-order valence-corrected chi connectivity index (χ1v) is 8.22. The number of halogens is 1. The van der Waals surface area contributed by atoms with Gasteiger partial charge in [0, 0.05) is 4.47 Å². The molecule has 1 atom stereocenters. The molecule has 0 amide bonds. The molecule has 2 aromatic rings. The van der Waals surface area contributed by atoms with E-state index in [1.54, 1.807) is 0 Å². The van der Waals surface area contributed by atoms with Gasteiger partial charge in [0.2, 0.25) is 0 Å². The summed E-state index contributed by atoms with van der Waals surface area (Å²) in [4.78, 5) is 0. The highest BCUT2D eigenvalue weighted by Crippen LogP contribution is 2.48. The van der Waals surface area contributed by atoms with Crippen molar-refractivity contribution < 1.29 is 5.11 Å². The minimum Gasteiger partial charge on any atom is -0.380 e. The first-order chi connectivity index (χ1) is 9.83. The average molecular weight is 345 g/mol. The van der Waals surface area contributed by atoms with Crippen LogP contribution in [0.15, 0.2) is 46.9 Å². The van der Waals surface area contributed by atoms with Gasteiger partial charge in [-0.15, -0.1) is 0 Å². The second kappa shape index (κ2) is 4.96. The molecule has 0 spiro atoms. The highest BCUT2D eigenvalue weighted by atomic mass is 79.9. The average Bonchev–Trinajstić information content (AvgIpc) is 2.44. The van der Waals surface area contributed by atoms with Crippen LogP contribution in [0.25, 0.3) is 0 Å². The van der Waals surface area contributed by atoms with E-state index >= 15 is 0 Å². The summed E-state index contributed by atoms with van der Waals surface area (Å²) in [5, 5.41) is 11.4. The zero-order valence-electron chi connectivity index (χ0n) is 12.8. The molecule has 2 aromatic carbocycles. The number of rotatable bonds is 1. The van der Waals surface area contributed by atoms with Crippen molar-refractivity contribution in [3.63, 3.8) is 0 Å². The van der Waals surface area contributed by atoms with Gasteiger partial charge in [0.15, 0.2) is 0 Å². The van der Waals surface area contributed by atoms with Gasteiger partial charge in [-0.25, -0.2) is 0 Å². The third kappa shape index (κ3) is 2.45. The Morgan fingerprint density at radius 3 is 2.29 bits per heavy atom. The number of aliphatic hydroxyl groups is 1. The normalized spacial score (nSPS) is 23.7. The Balaban J connectivity index is 2.21. The Kier molecular flexibility index (Phi) is 3.50. The van der Waals surface area contributed by atoms with E-state index in [2.05, 4.69) is 79.2 Å². The standard InChI is InChI=1S/C19H21BrO/c1-13-4-6-14(7-5-13)19(21)11-10-18(2,3)16-9-8-15(20)12-17(16)19/h4-9,12,21H,10-11H2,1-3H3/t19-/m1/s1. The maximum Gasteiger partial charge on any atom is 0.115 e. The lowest BCUT2D eigenvalue weighted by molar-refractivity contribution is 0.0496. The molecule has 0 heterocycles. The van der Waals surface area contributed by atoms with Crippen LogP contribution in [0.2, 0.25) is 0 Å². The van der Waals surface area contributed by atoms with Crippen molar-refractivity contribution in [2.75, 3.05) is 0 Å². The second-order valence-electron chi connectivity index (χ2n) is 6.80. The van der Waals surface area contributed by atoms with E-state index in [9.17, 15) is 5.11 Å². The van der Waals surface area contributed by atoms with Crippen molar-refractivity contribution >= 4 is 15.9 Å². The number of hydrogen-bond donors (Lipinski definition) is 1. The van der Waals surface area contributed by atoms with Gasteiger partial charge >= 0.3 is 0 Å². The van der Waals surface area contributed by atoms with E-state index in [4.69, 9.17) is 0 Å². The SMILES string of the molecule is Cc1ccc([C@]2(O)CCC(C)(C)c3ccc(Br)cc32)cc1. The Labute approximate surface area is 135 Å². The van der Waals surface area contributed by atoms with E-state index in [-0.39, 0.29) is 5.41 Å². The molecule has 0 bridgehead atoms. The highest BCUT2D eigenvalue weighted by Gasteiger charge is 2.42. The van der Waals surface area contributed by atoms with E-state index in [0.717, 1.165) is 28.4 Å². The fraction of sp³-hybridized carbons (Fsp3) is 0.368.